The van der Waals surface area contributed by atoms with Gasteiger partial charge in [0.05, 0.1) is 6.61 Å². The van der Waals surface area contributed by atoms with Gasteiger partial charge in [-0.3, -0.25) is 0 Å². The van der Waals surface area contributed by atoms with Gasteiger partial charge in [0.1, 0.15) is 10.8 Å². The van der Waals surface area contributed by atoms with Crippen LogP contribution < -0.4 is 4.74 Å². The molecule has 0 amide bonds. The lowest BCUT2D eigenvalue weighted by atomic mass is 10.1. The van der Waals surface area contributed by atoms with Crippen molar-refractivity contribution in [1.82, 2.24) is 4.98 Å². The fourth-order valence-corrected chi connectivity index (χ4v) is 2.70. The molecule has 1 aromatic carbocycles. The van der Waals surface area contributed by atoms with Crippen LogP contribution in [0.15, 0.2) is 17.5 Å². The molecule has 0 radical (unpaired) electrons. The first-order chi connectivity index (χ1) is 9.02. The lowest BCUT2D eigenvalue weighted by Gasteiger charge is -2.11. The van der Waals surface area contributed by atoms with E-state index in [4.69, 9.17) is 9.84 Å². The Balaban J connectivity index is 2.44. The van der Waals surface area contributed by atoms with Crippen molar-refractivity contribution in [1.29, 1.82) is 0 Å². The van der Waals surface area contributed by atoms with Crippen LogP contribution in [0.2, 0.25) is 0 Å². The smallest absolute Gasteiger partial charge is 0.355 e. The number of benzene rings is 1. The summed E-state index contributed by atoms with van der Waals surface area (Å²) in [6.45, 7) is 6.52. The second-order valence-corrected chi connectivity index (χ2v) is 5.07. The predicted molar refractivity (Wildman–Crippen MR) is 75.2 cm³/mol. The summed E-state index contributed by atoms with van der Waals surface area (Å²) < 4.78 is 5.54. The fraction of sp³-hybridized carbons (Fsp3) is 0.286. The van der Waals surface area contributed by atoms with Gasteiger partial charge in [-0.2, -0.15) is 0 Å². The summed E-state index contributed by atoms with van der Waals surface area (Å²) in [6, 6.07) is 3.96. The van der Waals surface area contributed by atoms with E-state index in [0.29, 0.717) is 6.61 Å². The molecule has 0 unspecified atom stereocenters. The lowest BCUT2D eigenvalue weighted by molar-refractivity contribution is 0.0691. The van der Waals surface area contributed by atoms with E-state index in [2.05, 4.69) is 4.98 Å². The maximum Gasteiger partial charge on any atom is 0.355 e. The van der Waals surface area contributed by atoms with Crippen LogP contribution in [0, 0.1) is 13.8 Å². The minimum Gasteiger partial charge on any atom is -0.494 e. The molecule has 4 nitrogen and oxygen atoms in total. The monoisotopic (exact) mass is 277 g/mol. The second-order valence-electron chi connectivity index (χ2n) is 4.21. The number of carboxylic acids is 1. The number of nitrogens with zero attached hydrogens (tertiary/aromatic N) is 1. The van der Waals surface area contributed by atoms with Crippen LogP contribution >= 0.6 is 11.3 Å². The third-order valence-electron chi connectivity index (χ3n) is 2.78. The van der Waals surface area contributed by atoms with Crippen LogP contribution in [0.25, 0.3) is 10.6 Å². The van der Waals surface area contributed by atoms with E-state index < -0.39 is 5.97 Å². The molecule has 5 heteroatoms. The zero-order valence-corrected chi connectivity index (χ0v) is 11.9. The molecular weight excluding hydrogens is 262 g/mol. The van der Waals surface area contributed by atoms with Gasteiger partial charge in [-0.15, -0.1) is 11.3 Å². The van der Waals surface area contributed by atoms with Gasteiger partial charge in [-0.25, -0.2) is 9.78 Å². The zero-order chi connectivity index (χ0) is 14.0. The van der Waals surface area contributed by atoms with Gasteiger partial charge in [0.25, 0.3) is 0 Å². The highest BCUT2D eigenvalue weighted by atomic mass is 32.1. The molecule has 1 aromatic heterocycles. The molecule has 0 aliphatic carbocycles. The molecule has 2 rings (SSSR count). The van der Waals surface area contributed by atoms with Gasteiger partial charge < -0.3 is 9.84 Å². The number of rotatable bonds is 4. The standard InChI is InChI=1S/C14H15NO3S/c1-4-18-12-6-8(2)10(5-9(12)3)13-15-11(7-19-13)14(16)17/h5-7H,4H2,1-3H3,(H,16,17). The zero-order valence-electron chi connectivity index (χ0n) is 11.1. The van der Waals surface area contributed by atoms with Crippen LogP contribution in [0.4, 0.5) is 0 Å². The quantitative estimate of drug-likeness (QED) is 0.928. The Morgan fingerprint density at radius 1 is 1.37 bits per heavy atom. The number of aromatic carboxylic acids is 1. The number of aryl methyl sites for hydroxylation is 2. The molecule has 0 spiro atoms. The molecule has 0 fully saturated rings. The number of hydrogen-bond donors (Lipinski definition) is 1. The third-order valence-corrected chi connectivity index (χ3v) is 3.65. The van der Waals surface area contributed by atoms with Crippen LogP contribution in [0.3, 0.4) is 0 Å². The number of carbonyl (C=O) groups is 1. The van der Waals surface area contributed by atoms with E-state index >= 15 is 0 Å². The molecule has 19 heavy (non-hydrogen) atoms. The Morgan fingerprint density at radius 2 is 2.11 bits per heavy atom. The lowest BCUT2D eigenvalue weighted by Crippen LogP contribution is -1.97. The first-order valence-electron chi connectivity index (χ1n) is 5.96. The fourth-order valence-electron chi connectivity index (χ4n) is 1.83. The summed E-state index contributed by atoms with van der Waals surface area (Å²) in [4.78, 5) is 15.0. The minimum atomic E-state index is -0.997. The minimum absolute atomic E-state index is 0.0888. The number of aromatic nitrogens is 1. The molecule has 100 valence electrons. The van der Waals surface area contributed by atoms with Crippen LogP contribution in [-0.2, 0) is 0 Å². The molecule has 1 heterocycles. The van der Waals surface area contributed by atoms with Crippen molar-refractivity contribution in [2.45, 2.75) is 20.8 Å². The summed E-state index contributed by atoms with van der Waals surface area (Å²) in [7, 11) is 0. The molecule has 0 aliphatic rings. The Bertz CT molecular complexity index is 619. The summed E-state index contributed by atoms with van der Waals surface area (Å²) >= 11 is 1.34. The van der Waals surface area contributed by atoms with Crippen molar-refractivity contribution >= 4 is 17.3 Å². The highest BCUT2D eigenvalue weighted by molar-refractivity contribution is 7.13. The molecule has 0 saturated carbocycles. The highest BCUT2D eigenvalue weighted by Gasteiger charge is 2.13. The van der Waals surface area contributed by atoms with Gasteiger partial charge in [-0.05, 0) is 44.0 Å². The second kappa shape index (κ2) is 5.40. The average molecular weight is 277 g/mol. The summed E-state index contributed by atoms with van der Waals surface area (Å²) in [5, 5.41) is 11.2. The molecule has 2 aromatic rings. The molecule has 0 bridgehead atoms. The SMILES string of the molecule is CCOc1cc(C)c(-c2nc(C(=O)O)cs2)cc1C. The molecule has 1 N–H and O–H groups in total. The number of hydrogen-bond acceptors (Lipinski definition) is 4. The summed E-state index contributed by atoms with van der Waals surface area (Å²) in [5.74, 6) is -0.137. The number of thiazole rings is 1. The Hall–Kier alpha value is -1.88. The molecule has 0 atom stereocenters. The topological polar surface area (TPSA) is 59.4 Å². The van der Waals surface area contributed by atoms with Gasteiger partial charge in [0.15, 0.2) is 5.69 Å². The third kappa shape index (κ3) is 2.76. The molecule has 0 saturated heterocycles. The summed E-state index contributed by atoms with van der Waals surface area (Å²) in [6.07, 6.45) is 0. The number of carboxylic acid groups (broad SMARTS) is 1. The highest BCUT2D eigenvalue weighted by Crippen LogP contribution is 2.32. The largest absolute Gasteiger partial charge is 0.494 e. The first-order valence-corrected chi connectivity index (χ1v) is 6.84. The van der Waals surface area contributed by atoms with Crippen molar-refractivity contribution in [3.8, 4) is 16.3 Å². The van der Waals surface area contributed by atoms with Crippen LogP contribution in [0.5, 0.6) is 5.75 Å². The van der Waals surface area contributed by atoms with E-state index in [0.717, 1.165) is 27.4 Å². The van der Waals surface area contributed by atoms with Gasteiger partial charge in [-0.1, -0.05) is 0 Å². The van der Waals surface area contributed by atoms with Crippen molar-refractivity contribution in [3.63, 3.8) is 0 Å². The normalized spacial score (nSPS) is 10.5. The molecular formula is C14H15NO3S. The Morgan fingerprint density at radius 3 is 2.68 bits per heavy atom. The maximum absolute atomic E-state index is 10.9. The van der Waals surface area contributed by atoms with E-state index in [1.165, 1.54) is 11.3 Å². The van der Waals surface area contributed by atoms with Crippen LogP contribution in [0.1, 0.15) is 28.5 Å². The van der Waals surface area contributed by atoms with E-state index in [-0.39, 0.29) is 5.69 Å². The van der Waals surface area contributed by atoms with Gasteiger partial charge in [0, 0.05) is 10.9 Å². The van der Waals surface area contributed by atoms with E-state index in [1.54, 1.807) is 5.38 Å². The first kappa shape index (κ1) is 13.5. The van der Waals surface area contributed by atoms with Crippen molar-refractivity contribution in [3.05, 3.63) is 34.3 Å². The summed E-state index contributed by atoms with van der Waals surface area (Å²) in [5.41, 5.74) is 3.10. The maximum atomic E-state index is 10.9. The number of ether oxygens (including phenoxy) is 1. The van der Waals surface area contributed by atoms with Crippen molar-refractivity contribution in [2.24, 2.45) is 0 Å². The van der Waals surface area contributed by atoms with Gasteiger partial charge >= 0.3 is 5.97 Å². The Kier molecular flexibility index (Phi) is 3.85. The van der Waals surface area contributed by atoms with Crippen molar-refractivity contribution in [2.75, 3.05) is 6.61 Å². The average Bonchev–Trinajstić information content (AvgIpc) is 2.83. The predicted octanol–water partition coefficient (Wildman–Crippen LogP) is 3.52. The van der Waals surface area contributed by atoms with Gasteiger partial charge in [0.2, 0.25) is 0 Å². The van der Waals surface area contributed by atoms with Crippen molar-refractivity contribution < 1.29 is 14.6 Å². The van der Waals surface area contributed by atoms with E-state index in [9.17, 15) is 4.79 Å². The van der Waals surface area contributed by atoms with E-state index in [1.807, 2.05) is 32.9 Å². The molecule has 0 aliphatic heterocycles. The Labute approximate surface area is 115 Å². The van der Waals surface area contributed by atoms with Crippen LogP contribution in [-0.4, -0.2) is 22.7 Å².